The topological polar surface area (TPSA) is 52.9 Å². The fourth-order valence-electron chi connectivity index (χ4n) is 1.35. The number of rotatable bonds is 4. The summed E-state index contributed by atoms with van der Waals surface area (Å²) in [7, 11) is 0. The van der Waals surface area contributed by atoms with Crippen molar-refractivity contribution >= 4 is 23.2 Å². The standard InChI is InChI=1S/C12H12ClFN2O/c1-2-3-8(7-15)12(17)16-9-4-5-10(13)11(14)6-9/h4-6,8H,2-3H2,1H3,(H,16,17). The molecule has 0 radical (unpaired) electrons. The average Bonchev–Trinajstić information content (AvgIpc) is 2.30. The Morgan fingerprint density at radius 1 is 1.65 bits per heavy atom. The number of carbonyl (C=O) groups excluding carboxylic acids is 1. The molecule has 1 aromatic carbocycles. The first-order chi connectivity index (χ1) is 8.08. The van der Waals surface area contributed by atoms with Crippen LogP contribution in [0.25, 0.3) is 0 Å². The molecule has 1 unspecified atom stereocenters. The van der Waals surface area contributed by atoms with Crippen molar-refractivity contribution < 1.29 is 9.18 Å². The number of nitrogens with zero attached hydrogens (tertiary/aromatic N) is 1. The second kappa shape index (κ2) is 6.21. The first-order valence-corrected chi connectivity index (χ1v) is 5.61. The summed E-state index contributed by atoms with van der Waals surface area (Å²) in [6.07, 6.45) is 1.22. The number of amides is 1. The predicted molar refractivity (Wildman–Crippen MR) is 64.1 cm³/mol. The van der Waals surface area contributed by atoms with Crippen LogP contribution in [-0.2, 0) is 4.79 Å². The summed E-state index contributed by atoms with van der Waals surface area (Å²) in [5.74, 6) is -1.73. The van der Waals surface area contributed by atoms with Gasteiger partial charge >= 0.3 is 0 Å². The van der Waals surface area contributed by atoms with Crippen LogP contribution in [0.15, 0.2) is 18.2 Å². The summed E-state index contributed by atoms with van der Waals surface area (Å²) in [6.45, 7) is 1.89. The highest BCUT2D eigenvalue weighted by Crippen LogP contribution is 2.19. The number of benzene rings is 1. The van der Waals surface area contributed by atoms with Gasteiger partial charge in [0.2, 0.25) is 5.91 Å². The molecule has 1 aromatic rings. The van der Waals surface area contributed by atoms with Crippen molar-refractivity contribution in [2.45, 2.75) is 19.8 Å². The summed E-state index contributed by atoms with van der Waals surface area (Å²) in [4.78, 5) is 11.6. The predicted octanol–water partition coefficient (Wildman–Crippen LogP) is 3.36. The van der Waals surface area contributed by atoms with E-state index in [2.05, 4.69) is 5.32 Å². The minimum absolute atomic E-state index is 0.00612. The zero-order valence-corrected chi connectivity index (χ0v) is 10.1. The minimum atomic E-state index is -0.710. The Kier molecular flexibility index (Phi) is 4.92. The van der Waals surface area contributed by atoms with Crippen molar-refractivity contribution in [2.24, 2.45) is 5.92 Å². The molecule has 1 rings (SSSR count). The third-order valence-electron chi connectivity index (χ3n) is 2.24. The van der Waals surface area contributed by atoms with Gasteiger partial charge in [0.25, 0.3) is 0 Å². The smallest absolute Gasteiger partial charge is 0.241 e. The molecule has 17 heavy (non-hydrogen) atoms. The fourth-order valence-corrected chi connectivity index (χ4v) is 1.46. The van der Waals surface area contributed by atoms with Crippen molar-refractivity contribution in [3.8, 4) is 6.07 Å². The lowest BCUT2D eigenvalue weighted by molar-refractivity contribution is -0.118. The van der Waals surface area contributed by atoms with Gasteiger partial charge < -0.3 is 5.32 Å². The lowest BCUT2D eigenvalue weighted by atomic mass is 10.0. The van der Waals surface area contributed by atoms with Crippen LogP contribution in [0.3, 0.4) is 0 Å². The monoisotopic (exact) mass is 254 g/mol. The van der Waals surface area contributed by atoms with Crippen LogP contribution in [-0.4, -0.2) is 5.91 Å². The molecule has 0 heterocycles. The van der Waals surface area contributed by atoms with Crippen LogP contribution < -0.4 is 5.32 Å². The Morgan fingerprint density at radius 2 is 2.35 bits per heavy atom. The molecule has 0 aliphatic carbocycles. The molecule has 3 nitrogen and oxygen atoms in total. The van der Waals surface area contributed by atoms with Gasteiger partial charge in [0.05, 0.1) is 11.1 Å². The molecule has 1 N–H and O–H groups in total. The Hall–Kier alpha value is -1.60. The molecule has 0 aliphatic rings. The van der Waals surface area contributed by atoms with Crippen LogP contribution in [0.5, 0.6) is 0 Å². The number of hydrogen-bond donors (Lipinski definition) is 1. The molecule has 0 saturated heterocycles. The second-order valence-electron chi connectivity index (χ2n) is 3.59. The van der Waals surface area contributed by atoms with Crippen LogP contribution >= 0.6 is 11.6 Å². The van der Waals surface area contributed by atoms with Gasteiger partial charge in [0.15, 0.2) is 0 Å². The van der Waals surface area contributed by atoms with Gasteiger partial charge in [-0.25, -0.2) is 4.39 Å². The van der Waals surface area contributed by atoms with Gasteiger partial charge in [0, 0.05) is 5.69 Å². The Morgan fingerprint density at radius 3 is 2.88 bits per heavy atom. The molecular weight excluding hydrogens is 243 g/mol. The van der Waals surface area contributed by atoms with Crippen LogP contribution in [0.4, 0.5) is 10.1 Å². The van der Waals surface area contributed by atoms with Gasteiger partial charge in [0.1, 0.15) is 11.7 Å². The second-order valence-corrected chi connectivity index (χ2v) is 4.00. The molecule has 0 aromatic heterocycles. The highest BCUT2D eigenvalue weighted by Gasteiger charge is 2.17. The number of halogens is 2. The van der Waals surface area contributed by atoms with Crippen molar-refractivity contribution in [3.63, 3.8) is 0 Å². The van der Waals surface area contributed by atoms with E-state index in [1.165, 1.54) is 12.1 Å². The fraction of sp³-hybridized carbons (Fsp3) is 0.333. The third-order valence-corrected chi connectivity index (χ3v) is 2.54. The highest BCUT2D eigenvalue weighted by atomic mass is 35.5. The Balaban J connectivity index is 2.74. The quantitative estimate of drug-likeness (QED) is 0.896. The molecule has 0 fully saturated rings. The van der Waals surface area contributed by atoms with Crippen molar-refractivity contribution in [1.29, 1.82) is 5.26 Å². The van der Waals surface area contributed by atoms with Gasteiger partial charge in [-0.2, -0.15) is 5.26 Å². The normalized spacial score (nSPS) is 11.6. The minimum Gasteiger partial charge on any atom is -0.325 e. The van der Waals surface area contributed by atoms with Gasteiger partial charge in [-0.15, -0.1) is 0 Å². The van der Waals surface area contributed by atoms with E-state index >= 15 is 0 Å². The summed E-state index contributed by atoms with van der Waals surface area (Å²) >= 11 is 5.52. The van der Waals surface area contributed by atoms with E-state index in [1.807, 2.05) is 13.0 Å². The maximum Gasteiger partial charge on any atom is 0.241 e. The van der Waals surface area contributed by atoms with Gasteiger partial charge in [-0.05, 0) is 24.6 Å². The van der Waals surface area contributed by atoms with E-state index in [-0.39, 0.29) is 5.02 Å². The summed E-state index contributed by atoms with van der Waals surface area (Å²) in [5.41, 5.74) is 0.299. The number of hydrogen-bond acceptors (Lipinski definition) is 2. The van der Waals surface area contributed by atoms with E-state index in [4.69, 9.17) is 16.9 Å². The molecule has 1 atom stereocenters. The van der Waals surface area contributed by atoms with Crippen LogP contribution in [0, 0.1) is 23.1 Å². The van der Waals surface area contributed by atoms with Crippen molar-refractivity contribution in [2.75, 3.05) is 5.32 Å². The summed E-state index contributed by atoms with van der Waals surface area (Å²) < 4.78 is 13.1. The first kappa shape index (κ1) is 13.5. The Labute approximate surface area is 104 Å². The maximum absolute atomic E-state index is 13.1. The molecule has 0 aliphatic heterocycles. The molecule has 90 valence electrons. The summed E-state index contributed by atoms with van der Waals surface area (Å²) in [6, 6.07) is 5.89. The molecule has 0 saturated carbocycles. The highest BCUT2D eigenvalue weighted by molar-refractivity contribution is 6.30. The summed E-state index contributed by atoms with van der Waals surface area (Å²) in [5, 5.41) is 11.3. The number of nitriles is 1. The lowest BCUT2D eigenvalue weighted by Gasteiger charge is -2.09. The average molecular weight is 255 g/mol. The largest absolute Gasteiger partial charge is 0.325 e. The van der Waals surface area contributed by atoms with E-state index < -0.39 is 17.6 Å². The molecule has 5 heteroatoms. The molecule has 0 bridgehead atoms. The molecule has 0 spiro atoms. The van der Waals surface area contributed by atoms with Gasteiger partial charge in [-0.3, -0.25) is 4.79 Å². The zero-order chi connectivity index (χ0) is 12.8. The van der Waals surface area contributed by atoms with Crippen molar-refractivity contribution in [1.82, 2.24) is 0 Å². The SMILES string of the molecule is CCCC(C#N)C(=O)Nc1ccc(Cl)c(F)c1. The van der Waals surface area contributed by atoms with E-state index in [1.54, 1.807) is 0 Å². The van der Waals surface area contributed by atoms with Gasteiger partial charge in [-0.1, -0.05) is 24.9 Å². The number of anilines is 1. The third kappa shape index (κ3) is 3.72. The van der Waals surface area contributed by atoms with Crippen molar-refractivity contribution in [3.05, 3.63) is 29.0 Å². The zero-order valence-electron chi connectivity index (χ0n) is 9.34. The lowest BCUT2D eigenvalue weighted by Crippen LogP contribution is -2.21. The van der Waals surface area contributed by atoms with Crippen LogP contribution in [0.2, 0.25) is 5.02 Å². The van der Waals surface area contributed by atoms with E-state index in [0.717, 1.165) is 12.5 Å². The first-order valence-electron chi connectivity index (χ1n) is 5.24. The van der Waals surface area contributed by atoms with Crippen LogP contribution in [0.1, 0.15) is 19.8 Å². The maximum atomic E-state index is 13.1. The van der Waals surface area contributed by atoms with E-state index in [9.17, 15) is 9.18 Å². The molecule has 1 amide bonds. The molecular formula is C12H12ClFN2O. The van der Waals surface area contributed by atoms with E-state index in [0.29, 0.717) is 12.1 Å². The Bertz CT molecular complexity index is 456. The number of nitrogens with one attached hydrogen (secondary N) is 1. The number of carbonyl (C=O) groups is 1.